The number of aromatic nitrogens is 4. The number of nitrogens with zero attached hydrogens (tertiary/aromatic N) is 4. The summed E-state index contributed by atoms with van der Waals surface area (Å²) in [6, 6.07) is 0.654. The third-order valence-electron chi connectivity index (χ3n) is 4.89. The van der Waals surface area contributed by atoms with Crippen molar-refractivity contribution in [2.24, 2.45) is 5.92 Å². The fraction of sp³-hybridized carbons (Fsp3) is 0.667. The molecule has 21 heavy (non-hydrogen) atoms. The van der Waals surface area contributed by atoms with Crippen molar-refractivity contribution >= 4 is 22.8 Å². The molecule has 1 saturated carbocycles. The van der Waals surface area contributed by atoms with Gasteiger partial charge >= 0.3 is 0 Å². The van der Waals surface area contributed by atoms with Crippen LogP contribution >= 0.6 is 0 Å². The minimum atomic E-state index is 0.654. The van der Waals surface area contributed by atoms with Gasteiger partial charge in [-0.05, 0) is 38.5 Å². The number of aromatic amines is 1. The van der Waals surface area contributed by atoms with E-state index in [1.807, 2.05) is 6.20 Å². The molecule has 2 N–H and O–H groups in total. The molecule has 0 radical (unpaired) electrons. The summed E-state index contributed by atoms with van der Waals surface area (Å²) in [5, 5.41) is 11.4. The van der Waals surface area contributed by atoms with Gasteiger partial charge in [-0.2, -0.15) is 15.1 Å². The lowest BCUT2D eigenvalue weighted by atomic mass is 9.92. The standard InChI is InChI=1S/C15H22N6/c1-2-16-15-18-13-11(9-17-20-13)14(19-15)21-8-4-6-10-5-3-7-12(10)21/h9-10,12H,2-8H2,1H3,(H2,16,17,18,19,20). The Hall–Kier alpha value is -1.85. The van der Waals surface area contributed by atoms with Gasteiger partial charge < -0.3 is 10.2 Å². The first-order chi connectivity index (χ1) is 10.4. The van der Waals surface area contributed by atoms with Crippen molar-refractivity contribution in [3.8, 4) is 0 Å². The average Bonchev–Trinajstić information content (AvgIpc) is 3.14. The van der Waals surface area contributed by atoms with E-state index in [1.165, 1.54) is 32.1 Å². The first kappa shape index (κ1) is 12.9. The second-order valence-corrected chi connectivity index (χ2v) is 6.13. The smallest absolute Gasteiger partial charge is 0.226 e. The van der Waals surface area contributed by atoms with Crippen molar-refractivity contribution in [2.45, 2.75) is 45.1 Å². The Morgan fingerprint density at radius 1 is 1.29 bits per heavy atom. The van der Waals surface area contributed by atoms with Crippen molar-refractivity contribution in [1.29, 1.82) is 0 Å². The predicted octanol–water partition coefficient (Wildman–Crippen LogP) is 2.55. The summed E-state index contributed by atoms with van der Waals surface area (Å²) in [7, 11) is 0. The lowest BCUT2D eigenvalue weighted by molar-refractivity contribution is 0.361. The Labute approximate surface area is 124 Å². The fourth-order valence-corrected chi connectivity index (χ4v) is 3.99. The van der Waals surface area contributed by atoms with Crippen molar-refractivity contribution in [3.05, 3.63) is 6.20 Å². The molecule has 1 saturated heterocycles. The molecule has 6 heteroatoms. The SMILES string of the molecule is CCNc1nc(N2CCCC3CCCC32)c2cn[nH]c2n1. The van der Waals surface area contributed by atoms with Crippen molar-refractivity contribution < 1.29 is 0 Å². The van der Waals surface area contributed by atoms with E-state index in [4.69, 9.17) is 4.98 Å². The van der Waals surface area contributed by atoms with E-state index in [2.05, 4.69) is 32.3 Å². The van der Waals surface area contributed by atoms with E-state index in [0.717, 1.165) is 35.9 Å². The second kappa shape index (κ2) is 5.16. The van der Waals surface area contributed by atoms with Crippen LogP contribution in [0.2, 0.25) is 0 Å². The van der Waals surface area contributed by atoms with E-state index < -0.39 is 0 Å². The molecule has 2 atom stereocenters. The van der Waals surface area contributed by atoms with Crippen LogP contribution in [0.15, 0.2) is 6.20 Å². The van der Waals surface area contributed by atoms with E-state index >= 15 is 0 Å². The molecule has 0 spiro atoms. The number of piperidine rings is 1. The molecule has 3 heterocycles. The van der Waals surface area contributed by atoms with Crippen molar-refractivity contribution in [1.82, 2.24) is 20.2 Å². The minimum Gasteiger partial charge on any atom is -0.354 e. The van der Waals surface area contributed by atoms with Crippen LogP contribution < -0.4 is 10.2 Å². The largest absolute Gasteiger partial charge is 0.354 e. The first-order valence-electron chi connectivity index (χ1n) is 8.08. The highest BCUT2D eigenvalue weighted by atomic mass is 15.3. The van der Waals surface area contributed by atoms with Crippen LogP contribution in [-0.4, -0.2) is 39.3 Å². The molecule has 2 fully saturated rings. The molecular formula is C15H22N6. The van der Waals surface area contributed by atoms with Crippen LogP contribution in [0, 0.1) is 5.92 Å². The molecule has 2 unspecified atom stereocenters. The van der Waals surface area contributed by atoms with Crippen LogP contribution in [0.5, 0.6) is 0 Å². The van der Waals surface area contributed by atoms with Crippen LogP contribution in [-0.2, 0) is 0 Å². The molecule has 0 aromatic carbocycles. The number of hydrogen-bond donors (Lipinski definition) is 2. The summed E-state index contributed by atoms with van der Waals surface area (Å²) in [4.78, 5) is 11.8. The van der Waals surface area contributed by atoms with Gasteiger partial charge in [-0.3, -0.25) is 5.10 Å². The lowest BCUT2D eigenvalue weighted by Gasteiger charge is -2.38. The van der Waals surface area contributed by atoms with Crippen LogP contribution in [0.1, 0.15) is 39.0 Å². The zero-order chi connectivity index (χ0) is 14.2. The maximum absolute atomic E-state index is 4.79. The van der Waals surface area contributed by atoms with Crippen molar-refractivity contribution in [3.63, 3.8) is 0 Å². The predicted molar refractivity (Wildman–Crippen MR) is 83.6 cm³/mol. The lowest BCUT2D eigenvalue weighted by Crippen LogP contribution is -2.43. The normalized spacial score (nSPS) is 25.3. The Morgan fingerprint density at radius 3 is 3.10 bits per heavy atom. The highest BCUT2D eigenvalue weighted by molar-refractivity contribution is 5.87. The molecular weight excluding hydrogens is 264 g/mol. The number of fused-ring (bicyclic) bond motifs is 2. The highest BCUT2D eigenvalue weighted by Gasteiger charge is 2.36. The number of rotatable bonds is 3. The average molecular weight is 286 g/mol. The number of nitrogens with one attached hydrogen (secondary N) is 2. The zero-order valence-electron chi connectivity index (χ0n) is 12.5. The van der Waals surface area contributed by atoms with Crippen molar-refractivity contribution in [2.75, 3.05) is 23.3 Å². The molecule has 6 nitrogen and oxygen atoms in total. The third kappa shape index (κ3) is 2.13. The maximum Gasteiger partial charge on any atom is 0.226 e. The topological polar surface area (TPSA) is 69.7 Å². The molecule has 2 aromatic heterocycles. The summed E-state index contributed by atoms with van der Waals surface area (Å²) >= 11 is 0. The van der Waals surface area contributed by atoms with Gasteiger partial charge in [-0.15, -0.1) is 0 Å². The minimum absolute atomic E-state index is 0.654. The summed E-state index contributed by atoms with van der Waals surface area (Å²) in [5.41, 5.74) is 0.830. The Morgan fingerprint density at radius 2 is 2.19 bits per heavy atom. The summed E-state index contributed by atoms with van der Waals surface area (Å²) < 4.78 is 0. The van der Waals surface area contributed by atoms with E-state index in [-0.39, 0.29) is 0 Å². The van der Waals surface area contributed by atoms with Gasteiger partial charge in [0.25, 0.3) is 0 Å². The second-order valence-electron chi connectivity index (χ2n) is 6.13. The number of anilines is 2. The van der Waals surface area contributed by atoms with Gasteiger partial charge in [-0.1, -0.05) is 6.42 Å². The number of H-pyrrole nitrogens is 1. The Balaban J connectivity index is 1.78. The van der Waals surface area contributed by atoms with Gasteiger partial charge in [0.1, 0.15) is 5.82 Å². The monoisotopic (exact) mass is 286 g/mol. The fourth-order valence-electron chi connectivity index (χ4n) is 3.99. The van der Waals surface area contributed by atoms with Gasteiger partial charge in [0, 0.05) is 19.1 Å². The summed E-state index contributed by atoms with van der Waals surface area (Å²) in [6.07, 6.45) is 8.53. The van der Waals surface area contributed by atoms with E-state index in [1.54, 1.807) is 0 Å². The molecule has 0 bridgehead atoms. The Bertz CT molecular complexity index is 636. The molecule has 112 valence electrons. The molecule has 4 rings (SSSR count). The molecule has 0 amide bonds. The van der Waals surface area contributed by atoms with E-state index in [0.29, 0.717) is 12.0 Å². The molecule has 1 aliphatic heterocycles. The van der Waals surface area contributed by atoms with Gasteiger partial charge in [0.15, 0.2) is 5.65 Å². The maximum atomic E-state index is 4.79. The quantitative estimate of drug-likeness (QED) is 0.907. The molecule has 2 aliphatic rings. The molecule has 2 aromatic rings. The van der Waals surface area contributed by atoms with Crippen LogP contribution in [0.4, 0.5) is 11.8 Å². The summed E-state index contributed by atoms with van der Waals surface area (Å²) in [6.45, 7) is 3.99. The molecule has 1 aliphatic carbocycles. The zero-order valence-corrected chi connectivity index (χ0v) is 12.5. The van der Waals surface area contributed by atoms with Crippen LogP contribution in [0.25, 0.3) is 11.0 Å². The van der Waals surface area contributed by atoms with E-state index in [9.17, 15) is 0 Å². The van der Waals surface area contributed by atoms with Gasteiger partial charge in [0.05, 0.1) is 11.6 Å². The third-order valence-corrected chi connectivity index (χ3v) is 4.89. The highest BCUT2D eigenvalue weighted by Crippen LogP contribution is 2.40. The Kier molecular flexibility index (Phi) is 3.16. The van der Waals surface area contributed by atoms with Gasteiger partial charge in [-0.25, -0.2) is 0 Å². The number of hydrogen-bond acceptors (Lipinski definition) is 5. The first-order valence-corrected chi connectivity index (χ1v) is 8.08. The van der Waals surface area contributed by atoms with Gasteiger partial charge in [0.2, 0.25) is 5.95 Å². The summed E-state index contributed by atoms with van der Waals surface area (Å²) in [5.74, 6) is 2.60. The van der Waals surface area contributed by atoms with Crippen LogP contribution in [0.3, 0.4) is 0 Å².